The number of nitrogens with zero attached hydrogens (tertiary/aromatic N) is 3. The Balaban J connectivity index is 1.54. The van der Waals surface area contributed by atoms with Gasteiger partial charge in [-0.1, -0.05) is 39.8 Å². The first kappa shape index (κ1) is 16.1. The second-order valence-electron chi connectivity index (χ2n) is 5.41. The van der Waals surface area contributed by atoms with Gasteiger partial charge in [0.25, 0.3) is 11.8 Å². The summed E-state index contributed by atoms with van der Waals surface area (Å²) in [5, 5.41) is 0.721. The Bertz CT molecular complexity index is 933. The molecule has 4 rings (SSSR count). The van der Waals surface area contributed by atoms with Crippen LogP contribution in [0.2, 0.25) is 0 Å². The fourth-order valence-corrected chi connectivity index (χ4v) is 3.86. The number of halogens is 1. The van der Waals surface area contributed by atoms with Crippen LogP contribution >= 0.6 is 27.7 Å². The molecule has 1 aliphatic rings. The molecule has 0 bridgehead atoms. The van der Waals surface area contributed by atoms with Crippen LogP contribution in [0.4, 0.5) is 0 Å². The average Bonchev–Trinajstić information content (AvgIpc) is 3.19. The fraction of sp³-hybridized carbons (Fsp3) is 0.0556. The molecule has 0 atom stereocenters. The molecule has 7 heteroatoms. The molecule has 0 spiro atoms. The molecule has 0 saturated heterocycles. The van der Waals surface area contributed by atoms with Crippen molar-refractivity contribution in [2.45, 2.75) is 5.16 Å². The van der Waals surface area contributed by atoms with Gasteiger partial charge in [-0.25, -0.2) is 4.98 Å². The predicted molar refractivity (Wildman–Crippen MR) is 98.9 cm³/mol. The van der Waals surface area contributed by atoms with Crippen molar-refractivity contribution in [1.29, 1.82) is 0 Å². The van der Waals surface area contributed by atoms with Crippen LogP contribution in [0.1, 0.15) is 20.7 Å². The lowest BCUT2D eigenvalue weighted by Crippen LogP contribution is -2.29. The Morgan fingerprint density at radius 1 is 0.960 bits per heavy atom. The molecular weight excluding hydrogens is 402 g/mol. The number of hydrogen-bond donors (Lipinski definition) is 0. The summed E-state index contributed by atoms with van der Waals surface area (Å²) < 4.78 is 2.92. The lowest BCUT2D eigenvalue weighted by atomic mass is 10.1. The Hall–Kier alpha value is -2.38. The van der Waals surface area contributed by atoms with Crippen LogP contribution in [0.25, 0.3) is 5.69 Å². The summed E-state index contributed by atoms with van der Waals surface area (Å²) in [7, 11) is 0. The van der Waals surface area contributed by atoms with Gasteiger partial charge in [0.15, 0.2) is 5.16 Å². The molecule has 124 valence electrons. The third-order valence-corrected chi connectivity index (χ3v) is 5.39. The predicted octanol–water partition coefficient (Wildman–Crippen LogP) is 3.98. The molecule has 5 nitrogen and oxygen atoms in total. The van der Waals surface area contributed by atoms with E-state index in [4.69, 9.17) is 0 Å². The van der Waals surface area contributed by atoms with Gasteiger partial charge in [0.05, 0.1) is 17.0 Å². The molecule has 2 aromatic carbocycles. The van der Waals surface area contributed by atoms with Gasteiger partial charge in [0.1, 0.15) is 0 Å². The molecule has 0 aliphatic carbocycles. The molecule has 3 aromatic rings. The molecule has 2 heterocycles. The van der Waals surface area contributed by atoms with E-state index >= 15 is 0 Å². The zero-order valence-corrected chi connectivity index (χ0v) is 15.3. The van der Waals surface area contributed by atoms with Gasteiger partial charge in [-0.05, 0) is 36.4 Å². The number of amides is 2. The Morgan fingerprint density at radius 2 is 1.60 bits per heavy atom. The van der Waals surface area contributed by atoms with Crippen LogP contribution in [-0.2, 0) is 0 Å². The van der Waals surface area contributed by atoms with Crippen molar-refractivity contribution in [2.75, 3.05) is 5.88 Å². The lowest BCUT2D eigenvalue weighted by molar-refractivity contribution is 0.0684. The highest BCUT2D eigenvalue weighted by atomic mass is 79.9. The van der Waals surface area contributed by atoms with Crippen LogP contribution in [0, 0.1) is 0 Å². The summed E-state index contributed by atoms with van der Waals surface area (Å²) in [6.07, 6.45) is 3.56. The van der Waals surface area contributed by atoms with Gasteiger partial charge in [0.2, 0.25) is 0 Å². The maximum absolute atomic E-state index is 12.4. The highest BCUT2D eigenvalue weighted by Gasteiger charge is 2.35. The molecule has 0 radical (unpaired) electrons. The summed E-state index contributed by atoms with van der Waals surface area (Å²) in [5.41, 5.74) is 1.89. The number of benzene rings is 2. The first-order valence-corrected chi connectivity index (χ1v) is 9.30. The number of hydrogen-bond acceptors (Lipinski definition) is 4. The van der Waals surface area contributed by atoms with Gasteiger partial charge in [-0.15, -0.1) is 0 Å². The minimum atomic E-state index is -0.255. The van der Waals surface area contributed by atoms with E-state index in [1.807, 2.05) is 35.0 Å². The van der Waals surface area contributed by atoms with Crippen LogP contribution < -0.4 is 0 Å². The zero-order chi connectivity index (χ0) is 17.4. The molecule has 0 N–H and O–H groups in total. The van der Waals surface area contributed by atoms with Crippen molar-refractivity contribution in [3.8, 4) is 5.69 Å². The van der Waals surface area contributed by atoms with E-state index in [1.54, 1.807) is 30.5 Å². The maximum atomic E-state index is 12.4. The summed E-state index contributed by atoms with van der Waals surface area (Å²) in [6, 6.07) is 14.7. The summed E-state index contributed by atoms with van der Waals surface area (Å²) in [6.45, 7) is 0. The summed E-state index contributed by atoms with van der Waals surface area (Å²) in [4.78, 5) is 30.4. The Morgan fingerprint density at radius 3 is 2.24 bits per heavy atom. The van der Waals surface area contributed by atoms with Gasteiger partial charge in [-0.3, -0.25) is 19.1 Å². The summed E-state index contributed by atoms with van der Waals surface area (Å²) in [5.74, 6) is -0.287. The number of imide groups is 1. The van der Waals surface area contributed by atoms with Crippen LogP contribution in [-0.4, -0.2) is 32.1 Å². The van der Waals surface area contributed by atoms with E-state index < -0.39 is 0 Å². The van der Waals surface area contributed by atoms with Crippen LogP contribution in [0.15, 0.2) is 70.6 Å². The molecule has 25 heavy (non-hydrogen) atoms. The van der Waals surface area contributed by atoms with E-state index in [-0.39, 0.29) is 17.7 Å². The standard InChI is InChI=1S/C18H12BrN3O2S/c19-12-5-7-13(8-6-12)21-10-9-20-18(21)25-11-22-16(23)14-3-1-2-4-15(14)17(22)24/h1-10H,11H2. The molecule has 2 amide bonds. The van der Waals surface area contributed by atoms with E-state index in [9.17, 15) is 9.59 Å². The Kier molecular flexibility index (Phi) is 4.19. The highest BCUT2D eigenvalue weighted by Crippen LogP contribution is 2.27. The topological polar surface area (TPSA) is 55.2 Å². The molecule has 1 aromatic heterocycles. The molecule has 1 aliphatic heterocycles. The van der Waals surface area contributed by atoms with Gasteiger partial charge < -0.3 is 0 Å². The van der Waals surface area contributed by atoms with Crippen molar-refractivity contribution in [1.82, 2.24) is 14.5 Å². The number of rotatable bonds is 4. The summed E-state index contributed by atoms with van der Waals surface area (Å²) >= 11 is 4.77. The van der Waals surface area contributed by atoms with Gasteiger partial charge in [0, 0.05) is 22.6 Å². The van der Waals surface area contributed by atoms with Crippen molar-refractivity contribution >= 4 is 39.5 Å². The largest absolute Gasteiger partial charge is 0.295 e. The van der Waals surface area contributed by atoms with Crippen molar-refractivity contribution < 1.29 is 9.59 Å². The molecule has 0 saturated carbocycles. The number of thioether (sulfide) groups is 1. The van der Waals surface area contributed by atoms with E-state index in [0.29, 0.717) is 11.1 Å². The third-order valence-electron chi connectivity index (χ3n) is 3.91. The minimum Gasteiger partial charge on any atom is -0.295 e. The number of fused-ring (bicyclic) bond motifs is 1. The van der Waals surface area contributed by atoms with Crippen LogP contribution in [0.3, 0.4) is 0 Å². The maximum Gasteiger partial charge on any atom is 0.262 e. The smallest absolute Gasteiger partial charge is 0.262 e. The van der Waals surface area contributed by atoms with Crippen LogP contribution in [0.5, 0.6) is 0 Å². The molecule has 0 fully saturated rings. The normalized spacial score (nSPS) is 13.4. The monoisotopic (exact) mass is 413 g/mol. The SMILES string of the molecule is O=C1c2ccccc2C(=O)N1CSc1nccn1-c1ccc(Br)cc1. The lowest BCUT2D eigenvalue weighted by Gasteiger charge is -2.14. The minimum absolute atomic E-state index is 0.222. The fourth-order valence-electron chi connectivity index (χ4n) is 2.67. The number of imidazole rings is 1. The zero-order valence-electron chi connectivity index (χ0n) is 12.9. The van der Waals surface area contributed by atoms with Crippen molar-refractivity contribution in [2.24, 2.45) is 0 Å². The highest BCUT2D eigenvalue weighted by molar-refractivity contribution is 9.10. The van der Waals surface area contributed by atoms with E-state index in [0.717, 1.165) is 15.3 Å². The quantitative estimate of drug-likeness (QED) is 0.479. The second kappa shape index (κ2) is 6.50. The third kappa shape index (κ3) is 2.89. The Labute approximate surface area is 156 Å². The number of carbonyl (C=O) groups is 2. The molecular formula is C18H12BrN3O2S. The van der Waals surface area contributed by atoms with Gasteiger partial charge >= 0.3 is 0 Å². The number of carbonyl (C=O) groups excluding carboxylic acids is 2. The average molecular weight is 414 g/mol. The number of aromatic nitrogens is 2. The van der Waals surface area contributed by atoms with Crippen molar-refractivity contribution in [3.63, 3.8) is 0 Å². The first-order valence-electron chi connectivity index (χ1n) is 7.52. The first-order chi connectivity index (χ1) is 12.1. The van der Waals surface area contributed by atoms with Crippen molar-refractivity contribution in [3.05, 3.63) is 76.5 Å². The second-order valence-corrected chi connectivity index (χ2v) is 7.24. The van der Waals surface area contributed by atoms with E-state index in [2.05, 4.69) is 20.9 Å². The van der Waals surface area contributed by atoms with Gasteiger partial charge in [-0.2, -0.15) is 0 Å². The van der Waals surface area contributed by atoms with E-state index in [1.165, 1.54) is 16.7 Å². The molecule has 0 unspecified atom stereocenters.